The van der Waals surface area contributed by atoms with Gasteiger partial charge >= 0.3 is 6.03 Å². The smallest absolute Gasteiger partial charge is 0.315 e. The summed E-state index contributed by atoms with van der Waals surface area (Å²) < 4.78 is 0. The van der Waals surface area contributed by atoms with Crippen molar-refractivity contribution in [2.75, 3.05) is 45.9 Å². The molecule has 3 aliphatic rings. The molecule has 0 aliphatic carbocycles. The molecular formula is C11H22N4O2. The number of hydrogen-bond acceptors (Lipinski definition) is 4. The Balaban J connectivity index is 1.69. The number of rotatable bonds is 4. The number of aliphatic hydroxyl groups is 1. The molecule has 3 fully saturated rings. The van der Waals surface area contributed by atoms with E-state index < -0.39 is 0 Å². The van der Waals surface area contributed by atoms with Crippen LogP contribution in [-0.4, -0.2) is 78.9 Å². The molecule has 2 amide bonds. The Morgan fingerprint density at radius 3 is 2.65 bits per heavy atom. The molecule has 0 aromatic heterocycles. The minimum atomic E-state index is -0.193. The van der Waals surface area contributed by atoms with Gasteiger partial charge in [-0.25, -0.2) is 4.79 Å². The van der Waals surface area contributed by atoms with Crippen molar-refractivity contribution >= 4 is 6.03 Å². The van der Waals surface area contributed by atoms with Gasteiger partial charge in [-0.2, -0.15) is 0 Å². The first-order valence-electron chi connectivity index (χ1n) is 6.30. The van der Waals surface area contributed by atoms with Gasteiger partial charge in [0.25, 0.3) is 0 Å². The van der Waals surface area contributed by atoms with E-state index in [0.717, 1.165) is 32.7 Å². The van der Waals surface area contributed by atoms with Gasteiger partial charge < -0.3 is 15.7 Å². The zero-order valence-electron chi connectivity index (χ0n) is 10.4. The molecule has 3 saturated heterocycles. The van der Waals surface area contributed by atoms with E-state index in [-0.39, 0.29) is 18.7 Å². The van der Waals surface area contributed by atoms with E-state index in [1.165, 1.54) is 0 Å². The van der Waals surface area contributed by atoms with Crippen LogP contribution in [0.2, 0.25) is 0 Å². The van der Waals surface area contributed by atoms with Crippen molar-refractivity contribution in [2.24, 2.45) is 0 Å². The molecule has 0 saturated carbocycles. The molecule has 0 spiro atoms. The van der Waals surface area contributed by atoms with Crippen LogP contribution in [-0.2, 0) is 0 Å². The summed E-state index contributed by atoms with van der Waals surface area (Å²) in [5, 5.41) is 14.4. The Kier molecular flexibility index (Phi) is 4.20. The summed E-state index contributed by atoms with van der Waals surface area (Å²) in [5.74, 6) is 0. The number of nitrogens with zero attached hydrogens (tertiary/aromatic N) is 2. The van der Waals surface area contributed by atoms with Gasteiger partial charge in [0.1, 0.15) is 0 Å². The topological polar surface area (TPSA) is 67.8 Å². The van der Waals surface area contributed by atoms with Gasteiger partial charge in [-0.15, -0.1) is 0 Å². The van der Waals surface area contributed by atoms with Crippen LogP contribution in [0.25, 0.3) is 0 Å². The first-order chi connectivity index (χ1) is 8.19. The fourth-order valence-electron chi connectivity index (χ4n) is 2.45. The largest absolute Gasteiger partial charge is 0.394 e. The third kappa shape index (κ3) is 3.31. The average Bonchev–Trinajstić information content (AvgIpc) is 2.37. The Labute approximate surface area is 102 Å². The lowest BCUT2D eigenvalue weighted by molar-refractivity contribution is 0.0147. The van der Waals surface area contributed by atoms with Crippen LogP contribution in [0.1, 0.15) is 6.92 Å². The number of fused-ring (bicyclic) bond motifs is 3. The number of carbonyl (C=O) groups excluding carboxylic acids is 1. The van der Waals surface area contributed by atoms with Gasteiger partial charge in [0.2, 0.25) is 0 Å². The summed E-state index contributed by atoms with van der Waals surface area (Å²) in [7, 11) is 0. The zero-order valence-corrected chi connectivity index (χ0v) is 10.4. The molecular weight excluding hydrogens is 220 g/mol. The lowest BCUT2D eigenvalue weighted by Gasteiger charge is -2.47. The highest BCUT2D eigenvalue weighted by Gasteiger charge is 2.31. The van der Waals surface area contributed by atoms with E-state index in [1.54, 1.807) is 6.92 Å². The normalized spacial score (nSPS) is 33.2. The molecule has 2 bridgehead atoms. The number of amides is 2. The molecule has 3 rings (SSSR count). The van der Waals surface area contributed by atoms with E-state index in [9.17, 15) is 4.79 Å². The van der Waals surface area contributed by atoms with Gasteiger partial charge in [0.15, 0.2) is 0 Å². The Bertz CT molecular complexity index is 266. The van der Waals surface area contributed by atoms with E-state index in [1.807, 2.05) is 0 Å². The monoisotopic (exact) mass is 242 g/mol. The Hall–Kier alpha value is -0.850. The van der Waals surface area contributed by atoms with Crippen LogP contribution < -0.4 is 10.6 Å². The van der Waals surface area contributed by atoms with Gasteiger partial charge in [0, 0.05) is 45.3 Å². The molecule has 98 valence electrons. The van der Waals surface area contributed by atoms with Crippen LogP contribution >= 0.6 is 0 Å². The van der Waals surface area contributed by atoms with Gasteiger partial charge in [-0.1, -0.05) is 0 Å². The summed E-state index contributed by atoms with van der Waals surface area (Å²) in [4.78, 5) is 16.4. The summed E-state index contributed by atoms with van der Waals surface area (Å²) in [5.41, 5.74) is 0. The molecule has 3 heterocycles. The van der Waals surface area contributed by atoms with Crippen LogP contribution in [0.3, 0.4) is 0 Å². The Morgan fingerprint density at radius 1 is 1.41 bits per heavy atom. The number of nitrogens with one attached hydrogen (secondary N) is 2. The third-order valence-electron chi connectivity index (χ3n) is 3.54. The highest BCUT2D eigenvalue weighted by atomic mass is 16.3. The lowest BCUT2D eigenvalue weighted by Crippen LogP contribution is -2.63. The lowest BCUT2D eigenvalue weighted by atomic mass is 10.1. The Morgan fingerprint density at radius 2 is 2.12 bits per heavy atom. The van der Waals surface area contributed by atoms with Crippen molar-refractivity contribution in [3.05, 3.63) is 0 Å². The molecule has 0 aromatic carbocycles. The molecule has 17 heavy (non-hydrogen) atoms. The predicted molar refractivity (Wildman–Crippen MR) is 64.9 cm³/mol. The molecule has 1 unspecified atom stereocenters. The first kappa shape index (κ1) is 12.6. The summed E-state index contributed by atoms with van der Waals surface area (Å²) >= 11 is 0. The number of carbonyl (C=O) groups is 1. The number of piperazine rings is 3. The highest BCUT2D eigenvalue weighted by molar-refractivity contribution is 5.74. The molecule has 3 N–H and O–H groups in total. The van der Waals surface area contributed by atoms with E-state index in [2.05, 4.69) is 20.4 Å². The van der Waals surface area contributed by atoms with Gasteiger partial charge in [-0.05, 0) is 6.92 Å². The molecule has 6 nitrogen and oxygen atoms in total. The third-order valence-corrected chi connectivity index (χ3v) is 3.54. The van der Waals surface area contributed by atoms with Crippen LogP contribution in [0.15, 0.2) is 0 Å². The minimum absolute atomic E-state index is 0.0310. The van der Waals surface area contributed by atoms with E-state index >= 15 is 0 Å². The second-order valence-corrected chi connectivity index (χ2v) is 4.93. The predicted octanol–water partition coefficient (Wildman–Crippen LogP) is -1.33. The fourth-order valence-corrected chi connectivity index (χ4v) is 2.45. The highest BCUT2D eigenvalue weighted by Crippen LogP contribution is 2.14. The van der Waals surface area contributed by atoms with Crippen molar-refractivity contribution in [3.8, 4) is 0 Å². The SMILES string of the molecule is C[C@@H](CO)NC(=O)NCC1CN2CCN1CC2. The first-order valence-corrected chi connectivity index (χ1v) is 6.30. The quantitative estimate of drug-likeness (QED) is 0.571. The van der Waals surface area contributed by atoms with Crippen LogP contribution in [0, 0.1) is 0 Å². The summed E-state index contributed by atoms with van der Waals surface area (Å²) in [6, 6.07) is 0.0544. The maximum Gasteiger partial charge on any atom is 0.315 e. The summed E-state index contributed by atoms with van der Waals surface area (Å²) in [6.45, 7) is 8.01. The number of aliphatic hydroxyl groups excluding tert-OH is 1. The van der Waals surface area contributed by atoms with Gasteiger partial charge in [-0.3, -0.25) is 9.80 Å². The second kappa shape index (κ2) is 5.66. The van der Waals surface area contributed by atoms with Crippen LogP contribution in [0.4, 0.5) is 4.79 Å². The van der Waals surface area contributed by atoms with Crippen molar-refractivity contribution in [1.29, 1.82) is 0 Å². The molecule has 6 heteroatoms. The van der Waals surface area contributed by atoms with Crippen molar-refractivity contribution in [2.45, 2.75) is 19.0 Å². The molecule has 2 atom stereocenters. The van der Waals surface area contributed by atoms with Crippen molar-refractivity contribution < 1.29 is 9.90 Å². The number of urea groups is 1. The maximum atomic E-state index is 11.5. The van der Waals surface area contributed by atoms with Crippen molar-refractivity contribution in [1.82, 2.24) is 20.4 Å². The van der Waals surface area contributed by atoms with Crippen LogP contribution in [0.5, 0.6) is 0 Å². The van der Waals surface area contributed by atoms with E-state index in [4.69, 9.17) is 5.11 Å². The zero-order chi connectivity index (χ0) is 12.3. The average molecular weight is 242 g/mol. The van der Waals surface area contributed by atoms with Crippen molar-refractivity contribution in [3.63, 3.8) is 0 Å². The molecule has 3 aliphatic heterocycles. The fraction of sp³-hybridized carbons (Fsp3) is 0.909. The molecule has 0 radical (unpaired) electrons. The molecule has 0 aromatic rings. The van der Waals surface area contributed by atoms with E-state index in [0.29, 0.717) is 12.6 Å². The maximum absolute atomic E-state index is 11.5. The standard InChI is InChI=1S/C11H22N4O2/c1-9(8-16)13-11(17)12-6-10-7-14-2-4-15(10)5-3-14/h9-10,16H,2-8H2,1H3,(H2,12,13,17)/t9-,10?/m0/s1. The van der Waals surface area contributed by atoms with Gasteiger partial charge in [0.05, 0.1) is 12.6 Å². The minimum Gasteiger partial charge on any atom is -0.394 e. The second-order valence-electron chi connectivity index (χ2n) is 4.93. The summed E-state index contributed by atoms with van der Waals surface area (Å²) in [6.07, 6.45) is 0. The number of hydrogen-bond donors (Lipinski definition) is 3.